The molecule has 9 nitrogen and oxygen atoms in total. The molecule has 4 heterocycles. The SMILES string of the molecule is FC(F)c1nc2ccccc2n1-c1cc(N2CCOCC2)nc(NC[C@H]2CC[C@H](N3CCNCC3)CC2)n1. The standard InChI is InChI=1S/C27H36F2N8O/c28-25(29)26-32-21-3-1-2-4-22(21)37(26)24-17-23(36-13-15-38-16-14-36)33-27(34-24)31-18-19-5-7-20(8-6-19)35-11-9-30-10-12-35/h1-4,17,19-20,25,30H,5-16,18H2,(H,31,33,34)/t19-,20-. The van der Waals surface area contributed by atoms with Crippen molar-refractivity contribution in [2.24, 2.45) is 5.92 Å². The molecule has 11 heteroatoms. The van der Waals surface area contributed by atoms with Crippen LogP contribution in [0.2, 0.25) is 0 Å². The number of hydrogen-bond acceptors (Lipinski definition) is 8. The van der Waals surface area contributed by atoms with E-state index in [-0.39, 0.29) is 5.82 Å². The Morgan fingerprint density at radius 2 is 1.68 bits per heavy atom. The van der Waals surface area contributed by atoms with Crippen molar-refractivity contribution >= 4 is 22.8 Å². The van der Waals surface area contributed by atoms with Crippen molar-refractivity contribution in [1.82, 2.24) is 29.7 Å². The van der Waals surface area contributed by atoms with E-state index in [1.807, 2.05) is 6.07 Å². The molecule has 3 aliphatic rings. The Bertz CT molecular complexity index is 1220. The van der Waals surface area contributed by atoms with Crippen molar-refractivity contribution in [3.8, 4) is 5.82 Å². The fourth-order valence-electron chi connectivity index (χ4n) is 6.00. The van der Waals surface area contributed by atoms with E-state index in [9.17, 15) is 8.78 Å². The fourth-order valence-corrected chi connectivity index (χ4v) is 6.00. The highest BCUT2D eigenvalue weighted by molar-refractivity contribution is 5.78. The average molecular weight is 527 g/mol. The van der Waals surface area contributed by atoms with Crippen molar-refractivity contribution in [1.29, 1.82) is 0 Å². The van der Waals surface area contributed by atoms with Gasteiger partial charge < -0.3 is 20.3 Å². The third-order valence-corrected chi connectivity index (χ3v) is 8.08. The maximum atomic E-state index is 14.1. The van der Waals surface area contributed by atoms with Gasteiger partial charge in [0.05, 0.1) is 24.2 Å². The molecule has 0 atom stereocenters. The van der Waals surface area contributed by atoms with Gasteiger partial charge in [0.25, 0.3) is 6.43 Å². The van der Waals surface area contributed by atoms with Crippen molar-refractivity contribution in [3.05, 3.63) is 36.2 Å². The molecule has 2 saturated heterocycles. The number of imidazole rings is 1. The zero-order valence-corrected chi connectivity index (χ0v) is 21.7. The molecule has 204 valence electrons. The molecule has 2 aliphatic heterocycles. The molecule has 0 radical (unpaired) electrons. The molecule has 2 N–H and O–H groups in total. The van der Waals surface area contributed by atoms with Crippen molar-refractivity contribution in [3.63, 3.8) is 0 Å². The number of alkyl halides is 2. The van der Waals surface area contributed by atoms with Gasteiger partial charge in [-0.3, -0.25) is 9.47 Å². The van der Waals surface area contributed by atoms with Gasteiger partial charge in [-0.15, -0.1) is 0 Å². The monoisotopic (exact) mass is 526 g/mol. The first-order chi connectivity index (χ1) is 18.7. The predicted molar refractivity (Wildman–Crippen MR) is 143 cm³/mol. The molecule has 3 fully saturated rings. The Hall–Kier alpha value is -2.89. The number of para-hydroxylation sites is 2. The summed E-state index contributed by atoms with van der Waals surface area (Å²) in [5, 5.41) is 6.90. The number of nitrogens with one attached hydrogen (secondary N) is 2. The molecule has 38 heavy (non-hydrogen) atoms. The van der Waals surface area contributed by atoms with Crippen LogP contribution < -0.4 is 15.5 Å². The van der Waals surface area contributed by atoms with Gasteiger partial charge in [-0.05, 0) is 43.7 Å². The number of halogens is 2. The number of hydrogen-bond donors (Lipinski definition) is 2. The van der Waals surface area contributed by atoms with Crippen LogP contribution in [-0.4, -0.2) is 89.5 Å². The average Bonchev–Trinajstić information content (AvgIpc) is 3.37. The molecular formula is C27H36F2N8O. The molecule has 2 aromatic heterocycles. The molecule has 1 aromatic carbocycles. The zero-order valence-electron chi connectivity index (χ0n) is 21.7. The summed E-state index contributed by atoms with van der Waals surface area (Å²) >= 11 is 0. The second-order valence-electron chi connectivity index (χ2n) is 10.4. The lowest BCUT2D eigenvalue weighted by Crippen LogP contribution is -2.49. The summed E-state index contributed by atoms with van der Waals surface area (Å²) in [6, 6.07) is 9.65. The smallest absolute Gasteiger partial charge is 0.296 e. The van der Waals surface area contributed by atoms with Gasteiger partial charge >= 0.3 is 0 Å². The van der Waals surface area contributed by atoms with Crippen LogP contribution in [0.1, 0.15) is 37.9 Å². The largest absolute Gasteiger partial charge is 0.378 e. The number of morpholine rings is 1. The second-order valence-corrected chi connectivity index (χ2v) is 10.4. The van der Waals surface area contributed by atoms with Gasteiger partial charge in [-0.2, -0.15) is 9.97 Å². The summed E-state index contributed by atoms with van der Waals surface area (Å²) in [6.45, 7) is 7.82. The van der Waals surface area contributed by atoms with Crippen LogP contribution in [0.25, 0.3) is 16.9 Å². The molecule has 6 rings (SSSR count). The van der Waals surface area contributed by atoms with Gasteiger partial charge in [0.15, 0.2) is 5.82 Å². The van der Waals surface area contributed by atoms with Crippen LogP contribution in [0.4, 0.5) is 20.5 Å². The Morgan fingerprint density at radius 1 is 0.947 bits per heavy atom. The van der Waals surface area contributed by atoms with Gasteiger partial charge in [0.1, 0.15) is 11.6 Å². The topological polar surface area (TPSA) is 83.4 Å². The quantitative estimate of drug-likeness (QED) is 0.485. The molecule has 0 amide bonds. The summed E-state index contributed by atoms with van der Waals surface area (Å²) in [5.74, 6) is 1.80. The molecular weight excluding hydrogens is 490 g/mol. The lowest BCUT2D eigenvalue weighted by molar-refractivity contribution is 0.122. The van der Waals surface area contributed by atoms with Gasteiger partial charge in [-0.25, -0.2) is 13.8 Å². The van der Waals surface area contributed by atoms with Crippen LogP contribution in [0.15, 0.2) is 30.3 Å². The molecule has 0 unspecified atom stereocenters. The zero-order chi connectivity index (χ0) is 25.9. The van der Waals surface area contributed by atoms with E-state index in [1.54, 1.807) is 24.3 Å². The minimum atomic E-state index is -2.73. The Morgan fingerprint density at radius 3 is 2.45 bits per heavy atom. The van der Waals surface area contributed by atoms with E-state index >= 15 is 0 Å². The number of rotatable bonds is 7. The number of fused-ring (bicyclic) bond motifs is 1. The van der Waals surface area contributed by atoms with E-state index in [0.717, 1.165) is 32.7 Å². The van der Waals surface area contributed by atoms with Crippen LogP contribution in [0, 0.1) is 5.92 Å². The fraction of sp³-hybridized carbons (Fsp3) is 0.593. The number of ether oxygens (including phenoxy) is 1. The maximum Gasteiger partial charge on any atom is 0.296 e. The molecule has 0 bridgehead atoms. The first kappa shape index (κ1) is 25.4. The van der Waals surface area contributed by atoms with E-state index in [4.69, 9.17) is 14.7 Å². The Labute approximate surface area is 221 Å². The summed E-state index contributed by atoms with van der Waals surface area (Å²) in [6.07, 6.45) is 2.03. The normalized spacial score (nSPS) is 23.3. The van der Waals surface area contributed by atoms with Crippen molar-refractivity contribution in [2.75, 3.05) is 69.2 Å². The number of benzene rings is 1. The number of anilines is 2. The Balaban J connectivity index is 1.24. The highest BCUT2D eigenvalue weighted by atomic mass is 19.3. The third-order valence-electron chi connectivity index (χ3n) is 8.08. The van der Waals surface area contributed by atoms with Gasteiger partial charge in [-0.1, -0.05) is 12.1 Å². The lowest BCUT2D eigenvalue weighted by atomic mass is 9.85. The molecule has 3 aromatic rings. The van der Waals surface area contributed by atoms with Crippen LogP contribution in [-0.2, 0) is 4.74 Å². The first-order valence-corrected chi connectivity index (χ1v) is 13.8. The number of aromatic nitrogens is 4. The highest BCUT2D eigenvalue weighted by Crippen LogP contribution is 2.31. The van der Waals surface area contributed by atoms with Crippen LogP contribution in [0.3, 0.4) is 0 Å². The highest BCUT2D eigenvalue weighted by Gasteiger charge is 2.27. The minimum Gasteiger partial charge on any atom is -0.378 e. The molecule has 0 spiro atoms. The summed E-state index contributed by atoms with van der Waals surface area (Å²) in [5.41, 5.74) is 1.12. The number of piperazine rings is 1. The number of nitrogens with zero attached hydrogens (tertiary/aromatic N) is 6. The van der Waals surface area contributed by atoms with Gasteiger partial charge in [0, 0.05) is 57.9 Å². The minimum absolute atomic E-state index is 0.310. The Kier molecular flexibility index (Phi) is 7.66. The predicted octanol–water partition coefficient (Wildman–Crippen LogP) is 3.47. The van der Waals surface area contributed by atoms with Crippen molar-refractivity contribution < 1.29 is 13.5 Å². The van der Waals surface area contributed by atoms with Gasteiger partial charge in [0.2, 0.25) is 5.95 Å². The van der Waals surface area contributed by atoms with Crippen LogP contribution in [0.5, 0.6) is 0 Å². The van der Waals surface area contributed by atoms with E-state index in [1.165, 1.54) is 30.3 Å². The van der Waals surface area contributed by atoms with E-state index < -0.39 is 6.43 Å². The third kappa shape index (κ3) is 5.45. The molecule has 1 aliphatic carbocycles. The second kappa shape index (κ2) is 11.5. The van der Waals surface area contributed by atoms with Crippen molar-refractivity contribution in [2.45, 2.75) is 38.2 Å². The summed E-state index contributed by atoms with van der Waals surface area (Å²) in [7, 11) is 0. The van der Waals surface area contributed by atoms with E-state index in [2.05, 4.69) is 25.4 Å². The van der Waals surface area contributed by atoms with E-state index in [0.29, 0.717) is 66.9 Å². The summed E-state index contributed by atoms with van der Waals surface area (Å²) in [4.78, 5) is 18.5. The molecule has 1 saturated carbocycles. The maximum absolute atomic E-state index is 14.1. The summed E-state index contributed by atoms with van der Waals surface area (Å²) < 4.78 is 35.2. The lowest BCUT2D eigenvalue weighted by Gasteiger charge is -2.39. The first-order valence-electron chi connectivity index (χ1n) is 13.8. The van der Waals surface area contributed by atoms with Crippen LogP contribution >= 0.6 is 0 Å².